The van der Waals surface area contributed by atoms with Crippen LogP contribution in [0.15, 0.2) is 49.2 Å². The van der Waals surface area contributed by atoms with Gasteiger partial charge in [-0.05, 0) is 38.1 Å². The Morgan fingerprint density at radius 1 is 0.923 bits per heavy atom. The summed E-state index contributed by atoms with van der Waals surface area (Å²) in [7, 11) is 2.16. The van der Waals surface area contributed by atoms with Crippen LogP contribution in [0.5, 0.6) is 0 Å². The van der Waals surface area contributed by atoms with E-state index in [9.17, 15) is 4.79 Å². The van der Waals surface area contributed by atoms with Crippen LogP contribution in [-0.2, 0) is 4.79 Å². The maximum Gasteiger partial charge on any atom is 0.227 e. The molecular weight excluding hydrogens is 490 g/mol. The number of carbonyl (C=O) groups is 1. The quantitative estimate of drug-likeness (QED) is 0.313. The van der Waals surface area contributed by atoms with Crippen LogP contribution in [0.2, 0.25) is 0 Å². The number of piperazine rings is 1. The lowest BCUT2D eigenvalue weighted by molar-refractivity contribution is -0.119. The van der Waals surface area contributed by atoms with Gasteiger partial charge in [-0.15, -0.1) is 0 Å². The number of rotatable bonds is 5. The smallest absolute Gasteiger partial charge is 0.227 e. The zero-order chi connectivity index (χ0) is 26.3. The minimum absolute atomic E-state index is 0.0798. The van der Waals surface area contributed by atoms with Gasteiger partial charge in [0.15, 0.2) is 0 Å². The van der Waals surface area contributed by atoms with Crippen molar-refractivity contribution in [2.24, 2.45) is 5.92 Å². The minimum Gasteiger partial charge on any atom is -0.367 e. The van der Waals surface area contributed by atoms with Crippen LogP contribution in [0, 0.1) is 5.92 Å². The molecule has 1 aliphatic carbocycles. The van der Waals surface area contributed by atoms with Gasteiger partial charge in [0.25, 0.3) is 0 Å². The van der Waals surface area contributed by atoms with Gasteiger partial charge < -0.3 is 20.1 Å². The van der Waals surface area contributed by atoms with E-state index in [1.54, 1.807) is 18.6 Å². The molecule has 6 heterocycles. The molecule has 5 aromatic rings. The van der Waals surface area contributed by atoms with Crippen LogP contribution in [0.1, 0.15) is 25.7 Å². The van der Waals surface area contributed by atoms with Crippen molar-refractivity contribution in [3.63, 3.8) is 0 Å². The molecule has 198 valence electrons. The predicted molar refractivity (Wildman–Crippen MR) is 153 cm³/mol. The van der Waals surface area contributed by atoms with Crippen molar-refractivity contribution in [2.75, 3.05) is 43.4 Å². The Morgan fingerprint density at radius 2 is 1.74 bits per heavy atom. The van der Waals surface area contributed by atoms with Crippen LogP contribution in [0.4, 0.5) is 11.4 Å². The Kier molecular flexibility index (Phi) is 5.96. The van der Waals surface area contributed by atoms with Crippen LogP contribution < -0.4 is 10.2 Å². The van der Waals surface area contributed by atoms with Crippen molar-refractivity contribution in [3.05, 3.63) is 49.2 Å². The molecule has 1 saturated carbocycles. The van der Waals surface area contributed by atoms with Gasteiger partial charge in [-0.25, -0.2) is 0 Å². The Hall–Kier alpha value is -4.31. The maximum atomic E-state index is 12.6. The number of pyridine rings is 3. The zero-order valence-electron chi connectivity index (χ0n) is 21.9. The molecule has 1 amide bonds. The molecule has 0 spiro atoms. The van der Waals surface area contributed by atoms with Crippen LogP contribution >= 0.6 is 0 Å². The summed E-state index contributed by atoms with van der Waals surface area (Å²) in [6.07, 6.45) is 13.3. The lowest BCUT2D eigenvalue weighted by atomic mass is 10.1. The molecule has 0 radical (unpaired) electrons. The number of fused-ring (bicyclic) bond motifs is 2. The zero-order valence-corrected chi connectivity index (χ0v) is 21.9. The fourth-order valence-electron chi connectivity index (χ4n) is 5.82. The number of likely N-dealkylation sites (N-methyl/N-ethyl adjacent to an activating group) is 1. The summed E-state index contributed by atoms with van der Waals surface area (Å²) in [5.74, 6) is 0.177. The number of anilines is 2. The number of hydrogen-bond acceptors (Lipinski definition) is 7. The molecule has 10 heteroatoms. The van der Waals surface area contributed by atoms with Gasteiger partial charge in [0.05, 0.1) is 58.6 Å². The van der Waals surface area contributed by atoms with E-state index < -0.39 is 0 Å². The lowest BCUT2D eigenvalue weighted by Gasteiger charge is -2.34. The summed E-state index contributed by atoms with van der Waals surface area (Å²) in [6.45, 7) is 4.03. The number of nitrogens with zero attached hydrogens (tertiary/aromatic N) is 6. The first kappa shape index (κ1) is 23.8. The highest BCUT2D eigenvalue weighted by molar-refractivity contribution is 6.00. The van der Waals surface area contributed by atoms with E-state index in [1.165, 1.54) is 0 Å². The van der Waals surface area contributed by atoms with E-state index in [4.69, 9.17) is 0 Å². The van der Waals surface area contributed by atoms with Crippen LogP contribution in [0.25, 0.3) is 44.5 Å². The van der Waals surface area contributed by atoms with Crippen molar-refractivity contribution in [1.82, 2.24) is 35.0 Å². The molecule has 39 heavy (non-hydrogen) atoms. The van der Waals surface area contributed by atoms with Gasteiger partial charge in [-0.1, -0.05) is 12.8 Å². The van der Waals surface area contributed by atoms with Crippen LogP contribution in [0.3, 0.4) is 0 Å². The van der Waals surface area contributed by atoms with Crippen molar-refractivity contribution in [1.29, 1.82) is 0 Å². The predicted octanol–water partition coefficient (Wildman–Crippen LogP) is 4.44. The number of aromatic nitrogens is 6. The molecule has 0 unspecified atom stereocenters. The summed E-state index contributed by atoms with van der Waals surface area (Å²) >= 11 is 0. The van der Waals surface area contributed by atoms with E-state index in [0.717, 1.165) is 102 Å². The van der Waals surface area contributed by atoms with Gasteiger partial charge in [-0.3, -0.25) is 24.8 Å². The molecule has 5 aromatic heterocycles. The SMILES string of the molecule is CN1CCN(c2cncc3[nH]c(-c4n[nH]c5cnc(-c6cncc(NC(=O)C7CCCC7)c6)cc45)cc23)CC1. The Labute approximate surface area is 225 Å². The standard InChI is InChI=1S/C29H31N9O/c1-37-6-8-38(9-7-37)27-17-31-15-25-21(27)11-24(34-25)28-22-12-23(32-16-26(22)35-36-28)19-10-20(14-30-13-19)33-29(39)18-4-2-3-5-18/h10-18,34H,2-9H2,1H3,(H,33,39)(H,35,36). The fourth-order valence-corrected chi connectivity index (χ4v) is 5.82. The number of aromatic amines is 2. The highest BCUT2D eigenvalue weighted by Crippen LogP contribution is 2.34. The topological polar surface area (TPSA) is 119 Å². The molecule has 0 atom stereocenters. The first-order valence-corrected chi connectivity index (χ1v) is 13.6. The van der Waals surface area contributed by atoms with Crippen molar-refractivity contribution in [2.45, 2.75) is 25.7 Å². The summed E-state index contributed by atoms with van der Waals surface area (Å²) in [6, 6.07) is 6.13. The Morgan fingerprint density at radius 3 is 2.59 bits per heavy atom. The van der Waals surface area contributed by atoms with Crippen molar-refractivity contribution < 1.29 is 4.79 Å². The molecule has 10 nitrogen and oxygen atoms in total. The molecule has 7 rings (SSSR count). The molecule has 1 saturated heterocycles. The molecule has 0 bridgehead atoms. The summed E-state index contributed by atoms with van der Waals surface area (Å²) in [5, 5.41) is 12.9. The number of carbonyl (C=O) groups excluding carboxylic acids is 1. The Bertz CT molecular complexity index is 1660. The average molecular weight is 522 g/mol. The third-order valence-corrected chi connectivity index (χ3v) is 8.10. The van der Waals surface area contributed by atoms with Gasteiger partial charge >= 0.3 is 0 Å². The molecule has 2 fully saturated rings. The molecule has 0 aromatic carbocycles. The van der Waals surface area contributed by atoms with Crippen LogP contribution in [-0.4, -0.2) is 74.2 Å². The second kappa shape index (κ2) is 9.77. The summed E-state index contributed by atoms with van der Waals surface area (Å²) in [4.78, 5) is 34.5. The number of hydrogen-bond donors (Lipinski definition) is 3. The average Bonchev–Trinajstić information content (AvgIpc) is 3.73. The first-order chi connectivity index (χ1) is 19.1. The third-order valence-electron chi connectivity index (χ3n) is 8.10. The minimum atomic E-state index is 0.0798. The summed E-state index contributed by atoms with van der Waals surface area (Å²) < 4.78 is 0. The number of H-pyrrole nitrogens is 2. The highest BCUT2D eigenvalue weighted by atomic mass is 16.1. The van der Waals surface area contributed by atoms with E-state index in [0.29, 0.717) is 5.69 Å². The van der Waals surface area contributed by atoms with Crippen molar-refractivity contribution in [3.8, 4) is 22.6 Å². The highest BCUT2D eigenvalue weighted by Gasteiger charge is 2.23. The van der Waals surface area contributed by atoms with E-state index in [1.807, 2.05) is 24.5 Å². The van der Waals surface area contributed by atoms with E-state index >= 15 is 0 Å². The monoisotopic (exact) mass is 521 g/mol. The van der Waals surface area contributed by atoms with Gasteiger partial charge in [0.1, 0.15) is 5.69 Å². The second-order valence-corrected chi connectivity index (χ2v) is 10.7. The lowest BCUT2D eigenvalue weighted by Crippen LogP contribution is -2.44. The molecule has 2 aliphatic rings. The number of amides is 1. The van der Waals surface area contributed by atoms with Gasteiger partial charge in [-0.2, -0.15) is 5.10 Å². The third kappa shape index (κ3) is 4.50. The summed E-state index contributed by atoms with van der Waals surface area (Å²) in [5.41, 5.74) is 7.04. The van der Waals surface area contributed by atoms with E-state index in [2.05, 4.69) is 58.4 Å². The largest absolute Gasteiger partial charge is 0.367 e. The maximum absolute atomic E-state index is 12.6. The Balaban J connectivity index is 1.21. The molecule has 3 N–H and O–H groups in total. The van der Waals surface area contributed by atoms with Gasteiger partial charge in [0, 0.05) is 54.6 Å². The first-order valence-electron chi connectivity index (χ1n) is 13.6. The second-order valence-electron chi connectivity index (χ2n) is 10.7. The normalized spacial score (nSPS) is 16.9. The molecule has 1 aliphatic heterocycles. The molecular formula is C29H31N9O. The number of nitrogens with one attached hydrogen (secondary N) is 3. The van der Waals surface area contributed by atoms with E-state index in [-0.39, 0.29) is 11.8 Å². The van der Waals surface area contributed by atoms with Gasteiger partial charge in [0.2, 0.25) is 5.91 Å². The van der Waals surface area contributed by atoms with Crippen molar-refractivity contribution >= 4 is 39.1 Å². The fraction of sp³-hybridized carbons (Fsp3) is 0.345.